The van der Waals surface area contributed by atoms with Crippen molar-refractivity contribution >= 4 is 15.9 Å². The third-order valence-corrected chi connectivity index (χ3v) is 2.85. The Morgan fingerprint density at radius 1 is 1.41 bits per heavy atom. The summed E-state index contributed by atoms with van der Waals surface area (Å²) in [5.41, 5.74) is 3.99. The van der Waals surface area contributed by atoms with Crippen LogP contribution in [0.2, 0.25) is 0 Å². The van der Waals surface area contributed by atoms with Crippen molar-refractivity contribution < 1.29 is 9.47 Å². The molecule has 0 aliphatic carbocycles. The molecule has 0 saturated heterocycles. The number of nitrogens with one attached hydrogen (secondary N) is 1. The predicted molar refractivity (Wildman–Crippen MR) is 71.7 cm³/mol. The Labute approximate surface area is 111 Å². The summed E-state index contributed by atoms with van der Waals surface area (Å²) in [4.78, 5) is 0. The van der Waals surface area contributed by atoms with Crippen LogP contribution in [-0.2, 0) is 15.9 Å². The van der Waals surface area contributed by atoms with E-state index in [1.807, 2.05) is 12.1 Å². The van der Waals surface area contributed by atoms with Gasteiger partial charge in [-0.2, -0.15) is 0 Å². The summed E-state index contributed by atoms with van der Waals surface area (Å²) in [5, 5.41) is 0. The highest BCUT2D eigenvalue weighted by atomic mass is 79.9. The fourth-order valence-corrected chi connectivity index (χ4v) is 1.93. The van der Waals surface area contributed by atoms with E-state index in [-0.39, 0.29) is 6.04 Å². The highest BCUT2D eigenvalue weighted by molar-refractivity contribution is 9.10. The quantitative estimate of drug-likeness (QED) is 0.434. The third kappa shape index (κ3) is 6.14. The fraction of sp³-hybridized carbons (Fsp3) is 0.500. The Morgan fingerprint density at radius 3 is 2.88 bits per heavy atom. The third-order valence-electron chi connectivity index (χ3n) is 2.36. The molecule has 1 atom stereocenters. The smallest absolute Gasteiger partial charge is 0.0701 e. The van der Waals surface area contributed by atoms with E-state index < -0.39 is 0 Å². The van der Waals surface area contributed by atoms with Gasteiger partial charge in [-0.3, -0.25) is 11.3 Å². The van der Waals surface area contributed by atoms with Gasteiger partial charge in [-0.15, -0.1) is 0 Å². The van der Waals surface area contributed by atoms with Gasteiger partial charge >= 0.3 is 0 Å². The summed E-state index contributed by atoms with van der Waals surface area (Å²) in [5.74, 6) is 5.50. The van der Waals surface area contributed by atoms with Crippen LogP contribution in [0.5, 0.6) is 0 Å². The molecule has 3 N–H and O–H groups in total. The number of ether oxygens (including phenoxy) is 2. The Morgan fingerprint density at radius 2 is 2.24 bits per heavy atom. The maximum absolute atomic E-state index is 5.50. The van der Waals surface area contributed by atoms with E-state index in [4.69, 9.17) is 15.3 Å². The molecule has 0 aliphatic rings. The molecule has 5 heteroatoms. The van der Waals surface area contributed by atoms with E-state index in [0.29, 0.717) is 19.8 Å². The number of rotatable bonds is 8. The molecule has 0 aliphatic heterocycles. The van der Waals surface area contributed by atoms with Crippen LogP contribution in [0.25, 0.3) is 0 Å². The molecule has 0 aromatic heterocycles. The Hall–Kier alpha value is -0.460. The summed E-state index contributed by atoms with van der Waals surface area (Å²) >= 11 is 3.45. The molecule has 4 nitrogen and oxygen atoms in total. The topological polar surface area (TPSA) is 56.5 Å². The minimum absolute atomic E-state index is 0.112. The van der Waals surface area contributed by atoms with Gasteiger partial charge in [0.2, 0.25) is 0 Å². The lowest BCUT2D eigenvalue weighted by Gasteiger charge is -2.16. The maximum atomic E-state index is 5.50. The van der Waals surface area contributed by atoms with Crippen LogP contribution >= 0.6 is 15.9 Å². The van der Waals surface area contributed by atoms with Crippen LogP contribution in [0.1, 0.15) is 5.56 Å². The second-order valence-corrected chi connectivity index (χ2v) is 4.68. The van der Waals surface area contributed by atoms with E-state index >= 15 is 0 Å². The van der Waals surface area contributed by atoms with Crippen LogP contribution in [0.4, 0.5) is 0 Å². The van der Waals surface area contributed by atoms with Gasteiger partial charge in [0.1, 0.15) is 0 Å². The Kier molecular flexibility index (Phi) is 7.39. The van der Waals surface area contributed by atoms with E-state index in [0.717, 1.165) is 10.9 Å². The molecule has 0 heterocycles. The molecule has 0 fully saturated rings. The first-order valence-corrected chi connectivity index (χ1v) is 6.33. The Balaban J connectivity index is 2.35. The van der Waals surface area contributed by atoms with Crippen LogP contribution in [0.15, 0.2) is 28.7 Å². The highest BCUT2D eigenvalue weighted by Crippen LogP contribution is 2.13. The van der Waals surface area contributed by atoms with Crippen molar-refractivity contribution in [1.29, 1.82) is 0 Å². The molecule has 0 spiro atoms. The first kappa shape index (κ1) is 14.6. The maximum Gasteiger partial charge on any atom is 0.0701 e. The SMILES string of the molecule is COCCOCC(Cc1cccc(Br)c1)NN. The summed E-state index contributed by atoms with van der Waals surface area (Å²) in [6.45, 7) is 1.77. The zero-order chi connectivity index (χ0) is 12.5. The largest absolute Gasteiger partial charge is 0.382 e. The summed E-state index contributed by atoms with van der Waals surface area (Å²) in [7, 11) is 1.66. The zero-order valence-corrected chi connectivity index (χ0v) is 11.6. The van der Waals surface area contributed by atoms with Crippen molar-refractivity contribution in [2.24, 2.45) is 5.84 Å². The number of benzene rings is 1. The first-order chi connectivity index (χ1) is 8.26. The number of hydrogen-bond acceptors (Lipinski definition) is 4. The second kappa shape index (κ2) is 8.60. The molecular formula is C12H19BrN2O2. The normalized spacial score (nSPS) is 12.6. The monoisotopic (exact) mass is 302 g/mol. The number of nitrogens with two attached hydrogens (primary N) is 1. The van der Waals surface area contributed by atoms with Crippen LogP contribution in [0.3, 0.4) is 0 Å². The lowest BCUT2D eigenvalue weighted by atomic mass is 10.1. The zero-order valence-electron chi connectivity index (χ0n) is 9.99. The molecule has 0 radical (unpaired) electrons. The molecule has 17 heavy (non-hydrogen) atoms. The van der Waals surface area contributed by atoms with Gasteiger partial charge in [0, 0.05) is 17.6 Å². The van der Waals surface area contributed by atoms with Crippen molar-refractivity contribution in [2.45, 2.75) is 12.5 Å². The van der Waals surface area contributed by atoms with Crippen molar-refractivity contribution in [2.75, 3.05) is 26.9 Å². The van der Waals surface area contributed by atoms with Gasteiger partial charge in [-0.25, -0.2) is 0 Å². The number of methoxy groups -OCH3 is 1. The van der Waals surface area contributed by atoms with Crippen molar-refractivity contribution in [3.8, 4) is 0 Å². The summed E-state index contributed by atoms with van der Waals surface area (Å²) in [6, 6.07) is 8.28. The first-order valence-electron chi connectivity index (χ1n) is 5.53. The Bertz CT molecular complexity index is 323. The lowest BCUT2D eigenvalue weighted by molar-refractivity contribution is 0.0587. The summed E-state index contributed by atoms with van der Waals surface area (Å²) in [6.07, 6.45) is 0.836. The average Bonchev–Trinajstić information content (AvgIpc) is 2.33. The molecule has 96 valence electrons. The van der Waals surface area contributed by atoms with Crippen molar-refractivity contribution in [3.05, 3.63) is 34.3 Å². The molecule has 0 amide bonds. The van der Waals surface area contributed by atoms with E-state index in [9.17, 15) is 0 Å². The molecule has 1 unspecified atom stereocenters. The van der Waals surface area contributed by atoms with E-state index in [2.05, 4.69) is 33.5 Å². The lowest BCUT2D eigenvalue weighted by Crippen LogP contribution is -2.40. The van der Waals surface area contributed by atoms with Gasteiger partial charge < -0.3 is 9.47 Å². The minimum atomic E-state index is 0.112. The highest BCUT2D eigenvalue weighted by Gasteiger charge is 2.08. The van der Waals surface area contributed by atoms with Crippen LogP contribution in [-0.4, -0.2) is 33.0 Å². The van der Waals surface area contributed by atoms with Crippen molar-refractivity contribution in [3.63, 3.8) is 0 Å². The van der Waals surface area contributed by atoms with Gasteiger partial charge in [-0.1, -0.05) is 28.1 Å². The van der Waals surface area contributed by atoms with Crippen molar-refractivity contribution in [1.82, 2.24) is 5.43 Å². The van der Waals surface area contributed by atoms with E-state index in [1.54, 1.807) is 7.11 Å². The average molecular weight is 303 g/mol. The second-order valence-electron chi connectivity index (χ2n) is 3.77. The minimum Gasteiger partial charge on any atom is -0.382 e. The van der Waals surface area contributed by atoms with E-state index in [1.165, 1.54) is 5.56 Å². The number of halogens is 1. The molecular weight excluding hydrogens is 284 g/mol. The van der Waals surface area contributed by atoms with Crippen LogP contribution in [0, 0.1) is 0 Å². The number of hydrazine groups is 1. The summed E-state index contributed by atoms with van der Waals surface area (Å²) < 4.78 is 11.4. The fourth-order valence-electron chi connectivity index (χ4n) is 1.48. The van der Waals surface area contributed by atoms with Gasteiger partial charge in [0.15, 0.2) is 0 Å². The van der Waals surface area contributed by atoms with Crippen LogP contribution < -0.4 is 11.3 Å². The van der Waals surface area contributed by atoms with Gasteiger partial charge in [0.05, 0.1) is 19.8 Å². The predicted octanol–water partition coefficient (Wildman–Crippen LogP) is 1.49. The molecule has 0 saturated carbocycles. The standard InChI is InChI=1S/C12H19BrN2O2/c1-16-5-6-17-9-12(15-14)8-10-3-2-4-11(13)7-10/h2-4,7,12,15H,5-6,8-9,14H2,1H3. The van der Waals surface area contributed by atoms with Gasteiger partial charge in [-0.05, 0) is 24.1 Å². The molecule has 0 bridgehead atoms. The van der Waals surface area contributed by atoms with Gasteiger partial charge in [0.25, 0.3) is 0 Å². The molecule has 1 aromatic rings. The number of hydrogen-bond donors (Lipinski definition) is 2. The molecule has 1 aromatic carbocycles. The molecule has 1 rings (SSSR count).